The molecule has 0 spiro atoms. The van der Waals surface area contributed by atoms with Gasteiger partial charge in [-0.15, -0.1) is 0 Å². The first kappa shape index (κ1) is 30.2. The third-order valence-electron chi connectivity index (χ3n) is 8.52. The SMILES string of the molecule is Cc1nc(N2CC([C@H]3CCCN(C4CC(C)(C(=O)[O-])C4)C3)C2)nc(N[C@H](C)c2ccc(Cl)cc2Cl)c1Cl.[Na+]. The van der Waals surface area contributed by atoms with Crippen LogP contribution in [0.2, 0.25) is 15.1 Å². The molecule has 2 aromatic rings. The number of aliphatic carboxylic acids is 1. The first-order chi connectivity index (χ1) is 17.5. The van der Waals surface area contributed by atoms with Crippen LogP contribution in [0.1, 0.15) is 56.8 Å². The van der Waals surface area contributed by atoms with Gasteiger partial charge >= 0.3 is 29.6 Å². The van der Waals surface area contributed by atoms with Crippen LogP contribution in [-0.2, 0) is 4.79 Å². The van der Waals surface area contributed by atoms with E-state index in [9.17, 15) is 9.90 Å². The number of carboxylic acids is 1. The van der Waals surface area contributed by atoms with E-state index in [0.717, 1.165) is 43.9 Å². The number of aromatic nitrogens is 2. The number of hydrogen-bond donors (Lipinski definition) is 1. The van der Waals surface area contributed by atoms with Crippen LogP contribution >= 0.6 is 34.8 Å². The molecule has 3 fully saturated rings. The molecule has 1 N–H and O–H groups in total. The number of carboxylic acid groups (broad SMARTS) is 1. The maximum atomic E-state index is 11.4. The van der Waals surface area contributed by atoms with Crippen LogP contribution in [-0.4, -0.2) is 53.1 Å². The molecule has 2 saturated heterocycles. The Kier molecular flexibility index (Phi) is 9.51. The van der Waals surface area contributed by atoms with Gasteiger partial charge in [-0.2, -0.15) is 4.98 Å². The Morgan fingerprint density at radius 1 is 1.16 bits per heavy atom. The van der Waals surface area contributed by atoms with Crippen molar-refractivity contribution < 1.29 is 39.5 Å². The van der Waals surface area contributed by atoms with Gasteiger partial charge in [-0.05, 0) is 75.6 Å². The van der Waals surface area contributed by atoms with Crippen LogP contribution in [0.15, 0.2) is 18.2 Å². The molecule has 1 aromatic heterocycles. The second kappa shape index (κ2) is 12.0. The molecule has 2 aliphatic heterocycles. The van der Waals surface area contributed by atoms with Crippen molar-refractivity contribution >= 4 is 52.5 Å². The monoisotopic (exact) mass is 587 g/mol. The average Bonchev–Trinajstić information content (AvgIpc) is 2.79. The molecule has 2 atom stereocenters. The van der Waals surface area contributed by atoms with E-state index >= 15 is 0 Å². The summed E-state index contributed by atoms with van der Waals surface area (Å²) in [6.45, 7) is 9.65. The molecule has 1 aliphatic carbocycles. The quantitative estimate of drug-likeness (QED) is 0.496. The van der Waals surface area contributed by atoms with Gasteiger partial charge in [-0.25, -0.2) is 4.98 Å². The Hall–Kier alpha value is -0.800. The molecule has 38 heavy (non-hydrogen) atoms. The van der Waals surface area contributed by atoms with Crippen molar-refractivity contribution in [1.29, 1.82) is 0 Å². The van der Waals surface area contributed by atoms with E-state index in [1.54, 1.807) is 6.07 Å². The minimum Gasteiger partial charge on any atom is -0.550 e. The van der Waals surface area contributed by atoms with Gasteiger partial charge in [-0.3, -0.25) is 0 Å². The number of carbonyl (C=O) groups excluding carboxylic acids is 1. The van der Waals surface area contributed by atoms with Crippen molar-refractivity contribution in [1.82, 2.24) is 14.9 Å². The minimum atomic E-state index is -0.912. The summed E-state index contributed by atoms with van der Waals surface area (Å²) in [7, 11) is 0. The van der Waals surface area contributed by atoms with E-state index in [2.05, 4.69) is 20.1 Å². The molecule has 200 valence electrons. The van der Waals surface area contributed by atoms with Crippen molar-refractivity contribution in [2.45, 2.75) is 58.5 Å². The second-order valence-electron chi connectivity index (χ2n) is 11.3. The van der Waals surface area contributed by atoms with Crippen molar-refractivity contribution in [3.8, 4) is 0 Å². The molecule has 1 saturated carbocycles. The molecule has 0 radical (unpaired) electrons. The number of rotatable bonds is 7. The number of carbonyl (C=O) groups is 1. The van der Waals surface area contributed by atoms with Crippen LogP contribution in [0.4, 0.5) is 11.8 Å². The topological polar surface area (TPSA) is 84.4 Å². The number of hydrogen-bond acceptors (Lipinski definition) is 7. The van der Waals surface area contributed by atoms with Crippen molar-refractivity contribution in [3.63, 3.8) is 0 Å². The number of likely N-dealkylation sites (tertiary alicyclic amines) is 1. The summed E-state index contributed by atoms with van der Waals surface area (Å²) in [5.41, 5.74) is 0.991. The number of halogens is 3. The number of piperidine rings is 1. The van der Waals surface area contributed by atoms with Gasteiger partial charge in [0, 0.05) is 47.1 Å². The van der Waals surface area contributed by atoms with E-state index in [4.69, 9.17) is 39.8 Å². The fraction of sp³-hybridized carbons (Fsp3) is 0.593. The molecule has 0 bridgehead atoms. The van der Waals surface area contributed by atoms with Gasteiger partial charge in [0.1, 0.15) is 5.02 Å². The predicted molar refractivity (Wildman–Crippen MR) is 146 cm³/mol. The molecule has 3 heterocycles. The minimum absolute atomic E-state index is 0. The fourth-order valence-electron chi connectivity index (χ4n) is 6.05. The Labute approximate surface area is 261 Å². The van der Waals surface area contributed by atoms with Crippen molar-refractivity contribution in [2.75, 3.05) is 36.4 Å². The molecule has 11 heteroatoms. The molecule has 0 amide bonds. The Bertz CT molecular complexity index is 1190. The predicted octanol–water partition coefficient (Wildman–Crippen LogP) is 1.99. The Morgan fingerprint density at radius 2 is 1.87 bits per heavy atom. The first-order valence-corrected chi connectivity index (χ1v) is 14.1. The number of benzene rings is 1. The molecule has 1 aromatic carbocycles. The zero-order valence-corrected chi connectivity index (χ0v) is 26.7. The van der Waals surface area contributed by atoms with Crippen LogP contribution in [0.3, 0.4) is 0 Å². The second-order valence-corrected chi connectivity index (χ2v) is 12.5. The average molecular weight is 589 g/mol. The molecule has 5 rings (SSSR count). The number of anilines is 2. The maximum absolute atomic E-state index is 11.4. The molecule has 3 aliphatic rings. The van der Waals surface area contributed by atoms with Crippen molar-refractivity contribution in [3.05, 3.63) is 44.5 Å². The van der Waals surface area contributed by atoms with E-state index < -0.39 is 11.4 Å². The van der Waals surface area contributed by atoms with Crippen molar-refractivity contribution in [2.24, 2.45) is 17.3 Å². The molecular weight excluding hydrogens is 556 g/mol. The molecule has 7 nitrogen and oxygen atoms in total. The first-order valence-electron chi connectivity index (χ1n) is 13.0. The fourth-order valence-corrected chi connectivity index (χ4v) is 6.76. The maximum Gasteiger partial charge on any atom is 1.00 e. The number of aryl methyl sites for hydroxylation is 1. The summed E-state index contributed by atoms with van der Waals surface area (Å²) in [6, 6.07) is 5.70. The van der Waals surface area contributed by atoms with Gasteiger partial charge in [0.2, 0.25) is 5.95 Å². The van der Waals surface area contributed by atoms with Gasteiger partial charge in [-0.1, -0.05) is 47.8 Å². The smallest absolute Gasteiger partial charge is 0.550 e. The summed E-state index contributed by atoms with van der Waals surface area (Å²) >= 11 is 19.0. The largest absolute Gasteiger partial charge is 1.00 e. The third kappa shape index (κ3) is 6.09. The van der Waals surface area contributed by atoms with Crippen LogP contribution in [0, 0.1) is 24.2 Å². The Morgan fingerprint density at radius 3 is 2.53 bits per heavy atom. The number of nitrogens with one attached hydrogen (secondary N) is 1. The standard InChI is InChI=1S/C27H34Cl3N5O2.Na/c1-15(21-7-6-19(28)9-22(21)29)31-24-23(30)16(2)32-26(33-24)35-13-18(14-35)17-5-4-8-34(12-17)20-10-27(3,11-20)25(36)37;/h6-7,9,15,17-18,20H,4-5,8,10-14H2,1-3H3,(H,36,37)(H,31,32,33);/q;+1/p-1/t15-,17+,20?,27?;/m1./s1. The van der Waals surface area contributed by atoms with Gasteiger partial charge in [0.05, 0.1) is 11.7 Å². The van der Waals surface area contributed by atoms with E-state index in [0.29, 0.717) is 57.6 Å². The summed E-state index contributed by atoms with van der Waals surface area (Å²) in [5.74, 6) is 1.56. The zero-order valence-electron chi connectivity index (χ0n) is 22.4. The summed E-state index contributed by atoms with van der Waals surface area (Å²) in [4.78, 5) is 25.6. The van der Waals surface area contributed by atoms with Gasteiger partial charge in [0.25, 0.3) is 0 Å². The summed E-state index contributed by atoms with van der Waals surface area (Å²) in [6.07, 6.45) is 3.78. The molecular formula is C27H33Cl3N5NaO2. The van der Waals surface area contributed by atoms with Crippen LogP contribution < -0.4 is 44.9 Å². The van der Waals surface area contributed by atoms with Crippen LogP contribution in [0.5, 0.6) is 0 Å². The Balaban J connectivity index is 0.00000336. The molecule has 0 unspecified atom stereocenters. The van der Waals surface area contributed by atoms with E-state index in [1.807, 2.05) is 32.9 Å². The van der Waals surface area contributed by atoms with Crippen LogP contribution in [0.25, 0.3) is 0 Å². The summed E-state index contributed by atoms with van der Waals surface area (Å²) in [5, 5.41) is 16.5. The van der Waals surface area contributed by atoms with Gasteiger partial charge in [0.15, 0.2) is 5.82 Å². The van der Waals surface area contributed by atoms with E-state index in [-0.39, 0.29) is 35.6 Å². The zero-order chi connectivity index (χ0) is 26.5. The summed E-state index contributed by atoms with van der Waals surface area (Å²) < 4.78 is 0. The van der Waals surface area contributed by atoms with E-state index in [1.165, 1.54) is 6.42 Å². The van der Waals surface area contributed by atoms with Gasteiger partial charge < -0.3 is 25.0 Å². The third-order valence-corrected chi connectivity index (χ3v) is 9.53. The number of nitrogens with zero attached hydrogens (tertiary/aromatic N) is 4. The normalized spacial score (nSPS) is 26.6.